The van der Waals surface area contributed by atoms with Crippen molar-refractivity contribution in [3.05, 3.63) is 177 Å². The molecule has 141 heavy (non-hydrogen) atoms. The predicted octanol–water partition coefficient (Wildman–Crippen LogP) is 2.57. The number of unbranched alkanes of at least 4 members (excludes halogenated alkanes) is 1. The van der Waals surface area contributed by atoms with Gasteiger partial charge in [0.05, 0.1) is 167 Å². The molecule has 19 N–H and O–H groups in total. The van der Waals surface area contributed by atoms with E-state index in [1.165, 1.54) is 36.5 Å². The van der Waals surface area contributed by atoms with E-state index in [1.54, 1.807) is 21.0 Å². The van der Waals surface area contributed by atoms with Gasteiger partial charge in [-0.25, -0.2) is 0 Å². The Morgan fingerprint density at radius 1 is 0.319 bits per heavy atom. The minimum atomic E-state index is -0.796. The number of carbonyl (C=O) groups is 10. The number of hydrogen-bond acceptors (Lipinski definition) is 35. The third kappa shape index (κ3) is 105. The van der Waals surface area contributed by atoms with E-state index in [2.05, 4.69) is 145 Å². The average molecular weight is 2020 g/mol. The SMILES string of the molecule is C=C(C)C(=O)CCC(O)COCCCCOCC(O)CNC(=O)C(=C)C.C=CC(=O)NCCCOCC(COCCCNC(=O)C=C)OCCCNC(=O)C=C.C=CC(=O)NCCOCC(COC)(COCCNC(=O)C=C)COCCNC(O)C=C.C=CC(=O)NCOCC(O)CCOCC(CC)(COCCC(O)COCNC(=O)C=C)COCCC(O)COCNC(=O)C=C.C=CO.C=CO.C=CO. The van der Waals surface area contributed by atoms with Gasteiger partial charge in [-0.15, -0.1) is 0 Å². The molecule has 6 unspecified atom stereocenters. The lowest BCUT2D eigenvalue weighted by Gasteiger charge is -2.32. The first-order valence-corrected chi connectivity index (χ1v) is 45.7. The molecule has 0 radical (unpaired) electrons. The molecule has 0 aromatic heterocycles. The summed E-state index contributed by atoms with van der Waals surface area (Å²) >= 11 is 0. The third-order valence-corrected chi connectivity index (χ3v) is 17.4. The smallest absolute Gasteiger partial charge is 0.246 e. The summed E-state index contributed by atoms with van der Waals surface area (Å²) < 4.78 is 83.6. The summed E-state index contributed by atoms with van der Waals surface area (Å²) in [5.41, 5.74) is -0.257. The van der Waals surface area contributed by atoms with Crippen LogP contribution in [0.5, 0.6) is 0 Å². The minimum absolute atomic E-state index is 0.0191. The van der Waals surface area contributed by atoms with Crippen LogP contribution >= 0.6 is 0 Å². The fraction of sp³-hybridized carbons (Fsp3) is 0.608. The van der Waals surface area contributed by atoms with E-state index in [0.29, 0.717) is 174 Å². The van der Waals surface area contributed by atoms with E-state index >= 15 is 0 Å². The first kappa shape index (κ1) is 144. The molecule has 0 aromatic carbocycles. The molecule has 6 atom stereocenters. The highest BCUT2D eigenvalue weighted by Gasteiger charge is 2.33. The fourth-order valence-corrected chi connectivity index (χ4v) is 9.75. The Morgan fingerprint density at radius 2 is 0.610 bits per heavy atom. The molecule has 9 amide bonds. The van der Waals surface area contributed by atoms with Crippen molar-refractivity contribution < 1.29 is 165 Å². The molecule has 0 spiro atoms. The van der Waals surface area contributed by atoms with Crippen molar-refractivity contribution in [3.8, 4) is 0 Å². The zero-order valence-corrected chi connectivity index (χ0v) is 83.6. The van der Waals surface area contributed by atoms with Crippen LogP contribution in [0.4, 0.5) is 0 Å². The molecule has 0 bridgehead atoms. The lowest BCUT2D eigenvalue weighted by molar-refractivity contribution is -0.119. The lowest BCUT2D eigenvalue weighted by Crippen LogP contribution is -2.43. The summed E-state index contributed by atoms with van der Waals surface area (Å²) in [5, 5.41) is 107. The summed E-state index contributed by atoms with van der Waals surface area (Å²) in [5.74, 6) is -2.62. The van der Waals surface area contributed by atoms with E-state index in [9.17, 15) is 78.6 Å². The molecular weight excluding hydrogens is 1850 g/mol. The molecule has 0 aliphatic heterocycles. The first-order valence-electron chi connectivity index (χ1n) is 45.7. The number of hydrogen-bond donors (Lipinski definition) is 19. The van der Waals surface area contributed by atoms with E-state index in [1.807, 2.05) is 6.92 Å². The summed E-state index contributed by atoms with van der Waals surface area (Å²) in [6.45, 7) is 61.2. The lowest BCUT2D eigenvalue weighted by atomic mass is 9.88. The average Bonchev–Trinajstić information content (AvgIpc) is 0.875. The summed E-state index contributed by atoms with van der Waals surface area (Å²) in [7, 11) is 1.57. The Morgan fingerprint density at radius 3 is 0.936 bits per heavy atom. The molecule has 0 saturated carbocycles. The van der Waals surface area contributed by atoms with Crippen LogP contribution in [0.25, 0.3) is 0 Å². The summed E-state index contributed by atoms with van der Waals surface area (Å²) in [6, 6.07) is 0. The van der Waals surface area contributed by atoms with Crippen LogP contribution in [0.15, 0.2) is 177 Å². The van der Waals surface area contributed by atoms with Gasteiger partial charge in [0.15, 0.2) is 5.78 Å². The zero-order chi connectivity index (χ0) is 108. The number of aliphatic hydroxyl groups is 9. The van der Waals surface area contributed by atoms with Crippen LogP contribution < -0.4 is 53.2 Å². The van der Waals surface area contributed by atoms with Crippen LogP contribution in [0.1, 0.15) is 91.4 Å². The van der Waals surface area contributed by atoms with Crippen molar-refractivity contribution in [1.29, 1.82) is 0 Å². The van der Waals surface area contributed by atoms with Crippen molar-refractivity contribution >= 4 is 58.9 Å². The van der Waals surface area contributed by atoms with Crippen LogP contribution in [-0.2, 0) is 119 Å². The fourth-order valence-electron chi connectivity index (χ4n) is 9.75. The number of ether oxygens (including phenoxy) is 15. The van der Waals surface area contributed by atoms with Crippen LogP contribution in [0.2, 0.25) is 0 Å². The second-order valence-electron chi connectivity index (χ2n) is 30.0. The highest BCUT2D eigenvalue weighted by atomic mass is 16.6. The first-order chi connectivity index (χ1) is 67.5. The van der Waals surface area contributed by atoms with Crippen LogP contribution in [0, 0.1) is 10.8 Å². The monoisotopic (exact) mass is 2020 g/mol. The number of rotatable bonds is 88. The highest BCUT2D eigenvalue weighted by molar-refractivity contribution is 5.94. The molecule has 0 aliphatic rings. The summed E-state index contributed by atoms with van der Waals surface area (Å²) in [6.07, 6.45) is 13.9. The molecule has 0 rings (SSSR count). The van der Waals surface area contributed by atoms with Crippen molar-refractivity contribution in [3.63, 3.8) is 0 Å². The summed E-state index contributed by atoms with van der Waals surface area (Å²) in [4.78, 5) is 112. The maximum atomic E-state index is 11.4. The molecule has 0 heterocycles. The number of carbonyl (C=O) groups excluding carboxylic acids is 10. The second-order valence-corrected chi connectivity index (χ2v) is 30.0. The number of aliphatic hydroxyl groups excluding tert-OH is 9. The van der Waals surface area contributed by atoms with Crippen LogP contribution in [0.3, 0.4) is 0 Å². The van der Waals surface area contributed by atoms with Crippen molar-refractivity contribution in [2.24, 2.45) is 10.8 Å². The third-order valence-electron chi connectivity index (χ3n) is 17.4. The molecular formula is C97H170N10O34. The van der Waals surface area contributed by atoms with Gasteiger partial charge in [0.25, 0.3) is 0 Å². The van der Waals surface area contributed by atoms with Gasteiger partial charge >= 0.3 is 0 Å². The predicted molar refractivity (Wildman–Crippen MR) is 535 cm³/mol. The minimum Gasteiger partial charge on any atom is -0.516 e. The molecule has 44 heteroatoms. The van der Waals surface area contributed by atoms with Crippen molar-refractivity contribution in [1.82, 2.24) is 53.2 Å². The number of Topliss-reactive ketones (excluding diaryl/α,β-unsaturated/α-hetero) is 1. The Balaban J connectivity index is -0.000000336. The standard InChI is InChI=1S/C30H53N3O12.C21H37N3O7.C21H35N3O6.C19H33NO6.3C2H4O/c1-5-27(37)31-21-43-15-24(34)9-12-40-18-30(8-4,19-41-13-10-25(35)16-44-22-32-28(38)6-2)20-42-14-11-26(36)17-45-23-33-29(39)7-3;1-5-18(25)22-8-11-29-15-21(14-28-4,16-30-12-9-23-19(26)6-2)17-31-13-10-24-20(27)7-3;1-4-19(25)22-10-7-13-28-16-18(30-15-9-12-24-21(27)6-3)17-29-14-8-11-23-20(26)5-2;1-14(2)18(23)8-7-16(21)12-25-9-5-6-10-26-13-17(22)11-20-19(24)15(3)4;3*1-2-3/h5-7,24-26,34-36H,1-3,8-23H2,4H3,(H,31,37)(H,32,38)(H,33,39);5-7,18,22,25H,1-3,8-17H2,4H3,(H,23,26)(H,24,27);4-6,18H,1-3,7-17H2,(H,22,25)(H,23,26)(H,24,27);16-17,21-22H,1,3,5-13H2,2,4H3,(H,20,24);3*2-3H,1H2. The maximum Gasteiger partial charge on any atom is 0.246 e. The van der Waals surface area contributed by atoms with E-state index < -0.39 is 47.6 Å². The zero-order valence-electron chi connectivity index (χ0n) is 83.6. The second kappa shape index (κ2) is 107. The number of amides is 9. The quantitative estimate of drug-likeness (QED) is 0.0137. The van der Waals surface area contributed by atoms with E-state index in [0.717, 1.165) is 49.9 Å². The van der Waals surface area contributed by atoms with Gasteiger partial charge in [0.2, 0.25) is 53.2 Å². The van der Waals surface area contributed by atoms with Gasteiger partial charge in [0, 0.05) is 123 Å². The number of allylic oxidation sites excluding steroid dienone is 1. The Hall–Kier alpha value is -10.2. The van der Waals surface area contributed by atoms with Crippen molar-refractivity contribution in [2.45, 2.75) is 134 Å². The Bertz CT molecular complexity index is 3140. The van der Waals surface area contributed by atoms with Gasteiger partial charge in [0.1, 0.15) is 32.5 Å². The highest BCUT2D eigenvalue weighted by Crippen LogP contribution is 2.25. The van der Waals surface area contributed by atoms with Gasteiger partial charge in [-0.3, -0.25) is 53.3 Å². The molecule has 44 nitrogen and oxygen atoms in total. The Labute approximate surface area is 833 Å². The van der Waals surface area contributed by atoms with Gasteiger partial charge < -0.3 is 165 Å². The molecule has 0 fully saturated rings. The topological polar surface area (TPSA) is 612 Å². The number of nitrogens with one attached hydrogen (secondary N) is 10. The molecule has 812 valence electrons. The Kier molecular flexibility index (Phi) is 109. The normalized spacial score (nSPS) is 12.1. The van der Waals surface area contributed by atoms with Gasteiger partial charge in [-0.2, -0.15) is 0 Å². The van der Waals surface area contributed by atoms with E-state index in [-0.39, 0.29) is 191 Å². The van der Waals surface area contributed by atoms with E-state index in [4.69, 9.17) is 86.4 Å². The molecule has 0 aliphatic carbocycles. The van der Waals surface area contributed by atoms with Crippen molar-refractivity contribution in [2.75, 3.05) is 238 Å². The van der Waals surface area contributed by atoms with Crippen LogP contribution in [-0.4, -0.2) is 386 Å². The van der Waals surface area contributed by atoms with Gasteiger partial charge in [-0.1, -0.05) is 99.0 Å². The molecule has 0 saturated heterocycles. The maximum absolute atomic E-state index is 11.4. The van der Waals surface area contributed by atoms with Gasteiger partial charge in [-0.05, 0) is 138 Å². The number of ketones is 1. The largest absolute Gasteiger partial charge is 0.516 e. The number of methoxy groups -OCH3 is 1. The molecule has 0 aromatic rings.